The Morgan fingerprint density at radius 3 is 2.59 bits per heavy atom. The molecule has 1 aliphatic rings. The molecule has 0 unspecified atom stereocenters. The molecule has 3 rings (SSSR count). The number of carbonyl (C=O) groups is 2. The molecule has 2 aromatic carbocycles. The molecule has 1 heterocycles. The molecule has 0 saturated carbocycles. The maximum Gasteiger partial charge on any atom is 0.343 e. The van der Waals surface area contributed by atoms with E-state index in [0.29, 0.717) is 22.0 Å². The molecule has 2 aromatic rings. The fourth-order valence-corrected chi connectivity index (χ4v) is 3.23. The molecular weight excluding hydrogens is 394 g/mol. The van der Waals surface area contributed by atoms with Crippen LogP contribution in [0.5, 0.6) is 5.75 Å². The van der Waals surface area contributed by atoms with Crippen LogP contribution in [0.2, 0.25) is 5.02 Å². The summed E-state index contributed by atoms with van der Waals surface area (Å²) in [5.74, 6) is -0.366. The van der Waals surface area contributed by atoms with Gasteiger partial charge < -0.3 is 24.6 Å². The summed E-state index contributed by atoms with van der Waals surface area (Å²) in [6, 6.07) is 12.1. The van der Waals surface area contributed by atoms with E-state index in [4.69, 9.17) is 16.3 Å². The standard InChI is InChI=1S/C21H24ClN3O4/c1-24-8-10-25(11-9-24)19-7-6-16(22)13-18(19)23-21(27)15-4-3-5-17(12-15)29-14-20(26)28-2/h3-7,12-13H,8-11,14H2,1-2H3,(H,23,27). The number of anilines is 2. The van der Waals surface area contributed by atoms with Gasteiger partial charge in [0.25, 0.3) is 5.91 Å². The van der Waals surface area contributed by atoms with Crippen LogP contribution in [0, 0.1) is 0 Å². The van der Waals surface area contributed by atoms with Gasteiger partial charge in [0.1, 0.15) is 5.75 Å². The van der Waals surface area contributed by atoms with Crippen LogP contribution < -0.4 is 15.0 Å². The number of piperazine rings is 1. The van der Waals surface area contributed by atoms with Crippen molar-refractivity contribution in [1.82, 2.24) is 4.90 Å². The second-order valence-corrected chi connectivity index (χ2v) is 7.23. The number of methoxy groups -OCH3 is 1. The number of nitrogens with zero attached hydrogens (tertiary/aromatic N) is 2. The normalized spacial score (nSPS) is 14.4. The first kappa shape index (κ1) is 21.0. The lowest BCUT2D eigenvalue weighted by atomic mass is 10.1. The van der Waals surface area contributed by atoms with E-state index < -0.39 is 5.97 Å². The predicted octanol–water partition coefficient (Wildman–Crippen LogP) is 2.90. The minimum absolute atomic E-state index is 0.219. The van der Waals surface area contributed by atoms with Crippen molar-refractivity contribution in [2.24, 2.45) is 0 Å². The van der Waals surface area contributed by atoms with Crippen LogP contribution in [0.1, 0.15) is 10.4 Å². The number of nitrogens with one attached hydrogen (secondary N) is 1. The highest BCUT2D eigenvalue weighted by atomic mass is 35.5. The van der Waals surface area contributed by atoms with E-state index in [-0.39, 0.29) is 12.5 Å². The molecule has 1 amide bonds. The SMILES string of the molecule is COC(=O)COc1cccc(C(=O)Nc2cc(Cl)ccc2N2CCN(C)CC2)c1. The Morgan fingerprint density at radius 2 is 1.86 bits per heavy atom. The summed E-state index contributed by atoms with van der Waals surface area (Å²) in [4.78, 5) is 28.6. The molecule has 0 aromatic heterocycles. The third-order valence-corrected chi connectivity index (χ3v) is 4.97. The lowest BCUT2D eigenvalue weighted by Crippen LogP contribution is -2.44. The summed E-state index contributed by atoms with van der Waals surface area (Å²) < 4.78 is 9.91. The van der Waals surface area contributed by atoms with Crippen LogP contribution in [0.25, 0.3) is 0 Å². The van der Waals surface area contributed by atoms with Crippen molar-refractivity contribution in [3.63, 3.8) is 0 Å². The van der Waals surface area contributed by atoms with Crippen molar-refractivity contribution >= 4 is 34.9 Å². The smallest absolute Gasteiger partial charge is 0.343 e. The minimum atomic E-state index is -0.490. The Balaban J connectivity index is 1.75. The van der Waals surface area contributed by atoms with Crippen LogP contribution >= 0.6 is 11.6 Å². The maximum atomic E-state index is 12.8. The Bertz CT molecular complexity index is 882. The van der Waals surface area contributed by atoms with Gasteiger partial charge in [-0.25, -0.2) is 4.79 Å². The average molecular weight is 418 g/mol. The van der Waals surface area contributed by atoms with Crippen LogP contribution in [-0.4, -0.2) is 63.7 Å². The highest BCUT2D eigenvalue weighted by Crippen LogP contribution is 2.30. The number of esters is 1. The Hall–Kier alpha value is -2.77. The summed E-state index contributed by atoms with van der Waals surface area (Å²) in [6.07, 6.45) is 0. The fraction of sp³-hybridized carbons (Fsp3) is 0.333. The number of carbonyl (C=O) groups excluding carboxylic acids is 2. The monoisotopic (exact) mass is 417 g/mol. The zero-order valence-electron chi connectivity index (χ0n) is 16.5. The molecule has 0 aliphatic carbocycles. The number of amides is 1. The maximum absolute atomic E-state index is 12.8. The van der Waals surface area contributed by atoms with Gasteiger partial charge in [0.15, 0.2) is 6.61 Å². The van der Waals surface area contributed by atoms with E-state index >= 15 is 0 Å². The molecular formula is C21H24ClN3O4. The lowest BCUT2D eigenvalue weighted by molar-refractivity contribution is -0.142. The van der Waals surface area contributed by atoms with Gasteiger partial charge in [0.2, 0.25) is 0 Å². The average Bonchev–Trinajstić information content (AvgIpc) is 2.73. The summed E-state index contributed by atoms with van der Waals surface area (Å²) in [6.45, 7) is 3.43. The van der Waals surface area contributed by atoms with Gasteiger partial charge in [-0.2, -0.15) is 0 Å². The van der Waals surface area contributed by atoms with Crippen molar-refractivity contribution in [1.29, 1.82) is 0 Å². The van der Waals surface area contributed by atoms with Crippen LogP contribution in [0.3, 0.4) is 0 Å². The number of ether oxygens (including phenoxy) is 2. The fourth-order valence-electron chi connectivity index (χ4n) is 3.05. The highest BCUT2D eigenvalue weighted by molar-refractivity contribution is 6.31. The third-order valence-electron chi connectivity index (χ3n) is 4.73. The quantitative estimate of drug-likeness (QED) is 0.729. The summed E-state index contributed by atoms with van der Waals surface area (Å²) >= 11 is 6.18. The zero-order chi connectivity index (χ0) is 20.8. The number of hydrogen-bond donors (Lipinski definition) is 1. The van der Waals surface area contributed by atoms with Gasteiger partial charge in [0, 0.05) is 36.8 Å². The van der Waals surface area contributed by atoms with Gasteiger partial charge in [-0.05, 0) is 43.4 Å². The van der Waals surface area contributed by atoms with Gasteiger partial charge in [-0.1, -0.05) is 17.7 Å². The second kappa shape index (κ2) is 9.62. The Morgan fingerprint density at radius 1 is 1.10 bits per heavy atom. The molecule has 7 nitrogen and oxygen atoms in total. The van der Waals surface area contributed by atoms with Crippen molar-refractivity contribution < 1.29 is 19.1 Å². The van der Waals surface area contributed by atoms with E-state index in [1.807, 2.05) is 12.1 Å². The number of rotatable bonds is 6. The van der Waals surface area contributed by atoms with Gasteiger partial charge in [-0.15, -0.1) is 0 Å². The van der Waals surface area contributed by atoms with E-state index in [0.717, 1.165) is 31.9 Å². The molecule has 1 aliphatic heterocycles. The topological polar surface area (TPSA) is 71.1 Å². The minimum Gasteiger partial charge on any atom is -0.482 e. The van der Waals surface area contributed by atoms with Crippen molar-refractivity contribution in [2.75, 3.05) is 57.2 Å². The summed E-state index contributed by atoms with van der Waals surface area (Å²) in [5.41, 5.74) is 2.01. The third kappa shape index (κ3) is 5.62. The zero-order valence-corrected chi connectivity index (χ0v) is 17.2. The first-order chi connectivity index (χ1) is 14.0. The second-order valence-electron chi connectivity index (χ2n) is 6.80. The number of likely N-dealkylation sites (N-methyl/N-ethyl adjacent to an activating group) is 1. The molecule has 1 N–H and O–H groups in total. The molecule has 154 valence electrons. The number of benzene rings is 2. The highest BCUT2D eigenvalue weighted by Gasteiger charge is 2.19. The summed E-state index contributed by atoms with van der Waals surface area (Å²) in [5, 5.41) is 3.50. The van der Waals surface area contributed by atoms with E-state index in [9.17, 15) is 9.59 Å². The molecule has 0 spiro atoms. The van der Waals surface area contributed by atoms with Crippen molar-refractivity contribution in [2.45, 2.75) is 0 Å². The van der Waals surface area contributed by atoms with E-state index in [1.165, 1.54) is 7.11 Å². The largest absolute Gasteiger partial charge is 0.482 e. The van der Waals surface area contributed by atoms with Crippen LogP contribution in [0.15, 0.2) is 42.5 Å². The summed E-state index contributed by atoms with van der Waals surface area (Å²) in [7, 11) is 3.38. The molecule has 1 saturated heterocycles. The first-order valence-corrected chi connectivity index (χ1v) is 9.68. The van der Waals surface area contributed by atoms with Crippen molar-refractivity contribution in [3.05, 3.63) is 53.1 Å². The van der Waals surface area contributed by atoms with E-state index in [1.54, 1.807) is 30.3 Å². The number of halogens is 1. The molecule has 1 fully saturated rings. The Kier molecular flexibility index (Phi) is 6.95. The van der Waals surface area contributed by atoms with E-state index in [2.05, 4.69) is 26.9 Å². The molecule has 29 heavy (non-hydrogen) atoms. The molecule has 0 atom stereocenters. The molecule has 8 heteroatoms. The van der Waals surface area contributed by atoms with Crippen LogP contribution in [0.4, 0.5) is 11.4 Å². The van der Waals surface area contributed by atoms with Gasteiger partial charge in [0.05, 0.1) is 18.5 Å². The molecule has 0 radical (unpaired) electrons. The van der Waals surface area contributed by atoms with Gasteiger partial charge in [-0.3, -0.25) is 4.79 Å². The van der Waals surface area contributed by atoms with Gasteiger partial charge >= 0.3 is 5.97 Å². The lowest BCUT2D eigenvalue weighted by Gasteiger charge is -2.35. The first-order valence-electron chi connectivity index (χ1n) is 9.30. The van der Waals surface area contributed by atoms with Crippen LogP contribution in [-0.2, 0) is 9.53 Å². The Labute approximate surface area is 175 Å². The van der Waals surface area contributed by atoms with Crippen molar-refractivity contribution in [3.8, 4) is 5.75 Å². The predicted molar refractivity (Wildman–Crippen MR) is 113 cm³/mol. The molecule has 0 bridgehead atoms. The number of hydrogen-bond acceptors (Lipinski definition) is 6.